The van der Waals surface area contributed by atoms with Gasteiger partial charge in [-0.15, -0.1) is 0 Å². The van der Waals surface area contributed by atoms with Gasteiger partial charge in [-0.1, -0.05) is 56.7 Å². The smallest absolute Gasteiger partial charge is 0.234 e. The van der Waals surface area contributed by atoms with E-state index >= 15 is 0 Å². The Morgan fingerprint density at radius 3 is 2.29 bits per heavy atom. The summed E-state index contributed by atoms with van der Waals surface area (Å²) in [4.78, 5) is 11.7. The van der Waals surface area contributed by atoms with Crippen LogP contribution in [0.3, 0.4) is 0 Å². The number of benzene rings is 1. The molecule has 2 aliphatic rings. The normalized spacial score (nSPS) is 18.0. The first-order chi connectivity index (χ1) is 15.3. The predicted molar refractivity (Wildman–Crippen MR) is 130 cm³/mol. The van der Waals surface area contributed by atoms with Crippen LogP contribution in [0.2, 0.25) is 0 Å². The quantitative estimate of drug-likeness (QED) is 0.460. The highest BCUT2D eigenvalue weighted by Crippen LogP contribution is 2.26. The van der Waals surface area contributed by atoms with Gasteiger partial charge in [-0.3, -0.25) is 0 Å². The van der Waals surface area contributed by atoms with E-state index in [1.807, 2.05) is 36.4 Å². The lowest BCUT2D eigenvalue weighted by molar-refractivity contribution is 0.462. The Hall–Kier alpha value is -2.41. The van der Waals surface area contributed by atoms with Crippen molar-refractivity contribution in [2.45, 2.75) is 70.3 Å². The molecule has 6 nitrogen and oxygen atoms in total. The van der Waals surface area contributed by atoms with Crippen LogP contribution in [0.4, 0.5) is 11.8 Å². The molecule has 2 fully saturated rings. The number of anilines is 2. The van der Waals surface area contributed by atoms with Crippen LogP contribution >= 0.6 is 12.2 Å². The number of aromatic nitrogens is 2. The van der Waals surface area contributed by atoms with Gasteiger partial charge in [-0.2, -0.15) is 9.97 Å². The van der Waals surface area contributed by atoms with Gasteiger partial charge in [-0.25, -0.2) is 0 Å². The predicted octanol–water partition coefficient (Wildman–Crippen LogP) is 5.66. The van der Waals surface area contributed by atoms with Crippen molar-refractivity contribution < 1.29 is 4.74 Å². The minimum absolute atomic E-state index is 0.427. The summed E-state index contributed by atoms with van der Waals surface area (Å²) in [5.41, 5.74) is 0. The van der Waals surface area contributed by atoms with Crippen molar-refractivity contribution in [2.24, 2.45) is 0 Å². The number of nitrogens with one attached hydrogen (secondary N) is 2. The van der Waals surface area contributed by atoms with Crippen molar-refractivity contribution in [3.05, 3.63) is 36.4 Å². The molecule has 1 aromatic heterocycles. The molecule has 0 spiro atoms. The molecule has 7 heteroatoms. The van der Waals surface area contributed by atoms with Crippen LogP contribution in [0, 0.1) is 0 Å². The second-order valence-corrected chi connectivity index (χ2v) is 8.90. The molecule has 1 saturated carbocycles. The first kappa shape index (κ1) is 21.8. The maximum atomic E-state index is 6.05. The van der Waals surface area contributed by atoms with Gasteiger partial charge in [0.2, 0.25) is 11.8 Å². The zero-order chi connectivity index (χ0) is 21.3. The molecule has 1 aliphatic carbocycles. The Kier molecular flexibility index (Phi) is 7.93. The monoisotopic (exact) mass is 439 g/mol. The molecule has 0 unspecified atom stereocenters. The lowest BCUT2D eigenvalue weighted by Crippen LogP contribution is -2.38. The molecule has 2 aromatic rings. The van der Waals surface area contributed by atoms with Crippen LogP contribution < -0.4 is 20.3 Å². The molecule has 2 heterocycles. The molecule has 0 atom stereocenters. The molecule has 166 valence electrons. The standard InChI is InChI=1S/C24H33N5OS/c31-24(25-19-12-6-1-2-7-13-19)28-23-26-21(29-16-10-3-4-11-17-29)18-22(27-23)30-20-14-8-5-9-15-20/h5,8-9,14-15,18-19H,1-4,6-7,10-13,16-17H2,(H2,25,26,27,28,31). The molecule has 31 heavy (non-hydrogen) atoms. The molecular formula is C24H33N5OS. The van der Waals surface area contributed by atoms with E-state index < -0.39 is 0 Å². The fourth-order valence-corrected chi connectivity index (χ4v) is 4.60. The van der Waals surface area contributed by atoms with Crippen LogP contribution in [-0.4, -0.2) is 34.2 Å². The summed E-state index contributed by atoms with van der Waals surface area (Å²) in [5, 5.41) is 7.28. The molecule has 1 aromatic carbocycles. The van der Waals surface area contributed by atoms with E-state index in [0.717, 1.165) is 24.7 Å². The maximum Gasteiger partial charge on any atom is 0.234 e. The number of rotatable bonds is 5. The summed E-state index contributed by atoms with van der Waals surface area (Å²) >= 11 is 5.60. The summed E-state index contributed by atoms with van der Waals surface area (Å²) in [6, 6.07) is 12.1. The van der Waals surface area contributed by atoms with E-state index in [1.165, 1.54) is 64.2 Å². The van der Waals surface area contributed by atoms with Crippen LogP contribution in [-0.2, 0) is 0 Å². The minimum atomic E-state index is 0.427. The van der Waals surface area contributed by atoms with Gasteiger partial charge in [0.1, 0.15) is 11.6 Å². The first-order valence-corrected chi connectivity index (χ1v) is 12.1. The summed E-state index contributed by atoms with van der Waals surface area (Å²) in [6.07, 6.45) is 12.4. The zero-order valence-corrected chi connectivity index (χ0v) is 19.0. The molecule has 0 radical (unpaired) electrons. The largest absolute Gasteiger partial charge is 0.439 e. The van der Waals surface area contributed by atoms with Gasteiger partial charge in [0.25, 0.3) is 0 Å². The van der Waals surface area contributed by atoms with E-state index in [0.29, 0.717) is 23.0 Å². The average Bonchev–Trinajstić information content (AvgIpc) is 3.19. The zero-order valence-electron chi connectivity index (χ0n) is 18.2. The Balaban J connectivity index is 1.50. The molecule has 2 N–H and O–H groups in total. The van der Waals surface area contributed by atoms with Crippen LogP contribution in [0.15, 0.2) is 36.4 Å². The molecule has 1 saturated heterocycles. The number of para-hydroxylation sites is 1. The topological polar surface area (TPSA) is 62.3 Å². The van der Waals surface area contributed by atoms with Gasteiger partial charge < -0.3 is 20.3 Å². The Morgan fingerprint density at radius 2 is 1.58 bits per heavy atom. The number of hydrogen-bond acceptors (Lipinski definition) is 5. The van der Waals surface area contributed by atoms with E-state index in [9.17, 15) is 0 Å². The Labute approximate surface area is 190 Å². The average molecular weight is 440 g/mol. The van der Waals surface area contributed by atoms with Crippen molar-refractivity contribution in [3.63, 3.8) is 0 Å². The third kappa shape index (κ3) is 6.79. The lowest BCUT2D eigenvalue weighted by atomic mass is 10.1. The number of ether oxygens (including phenoxy) is 1. The van der Waals surface area contributed by atoms with Crippen molar-refractivity contribution in [3.8, 4) is 11.6 Å². The van der Waals surface area contributed by atoms with Gasteiger partial charge in [0, 0.05) is 25.2 Å². The highest BCUT2D eigenvalue weighted by molar-refractivity contribution is 7.80. The summed E-state index contributed by atoms with van der Waals surface area (Å²) in [7, 11) is 0. The molecular weight excluding hydrogens is 406 g/mol. The Bertz CT molecular complexity index is 831. The van der Waals surface area contributed by atoms with Crippen molar-refractivity contribution in [2.75, 3.05) is 23.3 Å². The van der Waals surface area contributed by atoms with E-state index in [1.54, 1.807) is 0 Å². The third-order valence-electron chi connectivity index (χ3n) is 6.00. The second kappa shape index (κ2) is 11.3. The molecule has 4 rings (SSSR count). The highest BCUT2D eigenvalue weighted by atomic mass is 32.1. The van der Waals surface area contributed by atoms with Crippen molar-refractivity contribution in [1.29, 1.82) is 0 Å². The van der Waals surface area contributed by atoms with Gasteiger partial charge >= 0.3 is 0 Å². The minimum Gasteiger partial charge on any atom is -0.439 e. The second-order valence-electron chi connectivity index (χ2n) is 8.49. The van der Waals surface area contributed by atoms with E-state index in [-0.39, 0.29) is 0 Å². The van der Waals surface area contributed by atoms with Gasteiger partial charge in [-0.05, 0) is 50.0 Å². The first-order valence-electron chi connectivity index (χ1n) is 11.7. The highest BCUT2D eigenvalue weighted by Gasteiger charge is 2.17. The fourth-order valence-electron chi connectivity index (χ4n) is 4.34. The van der Waals surface area contributed by atoms with Crippen molar-refractivity contribution in [1.82, 2.24) is 15.3 Å². The van der Waals surface area contributed by atoms with Crippen LogP contribution in [0.25, 0.3) is 0 Å². The Morgan fingerprint density at radius 1 is 0.903 bits per heavy atom. The number of nitrogens with zero attached hydrogens (tertiary/aromatic N) is 3. The van der Waals surface area contributed by atoms with Crippen LogP contribution in [0.5, 0.6) is 11.6 Å². The third-order valence-corrected chi connectivity index (χ3v) is 6.22. The lowest BCUT2D eigenvalue weighted by Gasteiger charge is -2.23. The molecule has 0 bridgehead atoms. The van der Waals surface area contributed by atoms with E-state index in [4.69, 9.17) is 21.9 Å². The van der Waals surface area contributed by atoms with Crippen molar-refractivity contribution >= 4 is 29.1 Å². The van der Waals surface area contributed by atoms with Gasteiger partial charge in [0.05, 0.1) is 0 Å². The van der Waals surface area contributed by atoms with Crippen LogP contribution in [0.1, 0.15) is 64.2 Å². The maximum absolute atomic E-state index is 6.05. The summed E-state index contributed by atoms with van der Waals surface area (Å²) < 4.78 is 6.05. The van der Waals surface area contributed by atoms with Gasteiger partial charge in [0.15, 0.2) is 5.11 Å². The van der Waals surface area contributed by atoms with E-state index in [2.05, 4.69) is 20.5 Å². The number of hydrogen-bond donors (Lipinski definition) is 2. The molecule has 0 amide bonds. The summed E-state index contributed by atoms with van der Waals surface area (Å²) in [5.74, 6) is 2.66. The summed E-state index contributed by atoms with van der Waals surface area (Å²) in [6.45, 7) is 2.01. The fraction of sp³-hybridized carbons (Fsp3) is 0.542. The molecule has 1 aliphatic heterocycles. The SMILES string of the molecule is S=C(Nc1nc(Oc2ccccc2)cc(N2CCCCCC2)n1)NC1CCCCCC1. The number of thiocarbonyl (C=S) groups is 1.